The summed E-state index contributed by atoms with van der Waals surface area (Å²) in [4.78, 5) is 1.06. The predicted molar refractivity (Wildman–Crippen MR) is 60.4 cm³/mol. The summed E-state index contributed by atoms with van der Waals surface area (Å²) >= 11 is 4.50. The van der Waals surface area contributed by atoms with Gasteiger partial charge in [0, 0.05) is 17.7 Å². The van der Waals surface area contributed by atoms with Crippen molar-refractivity contribution >= 4 is 12.6 Å². The summed E-state index contributed by atoms with van der Waals surface area (Å²) in [5.74, 6) is -0.341. The van der Waals surface area contributed by atoms with Crippen LogP contribution in [-0.4, -0.2) is 19.0 Å². The minimum atomic E-state index is -0.341. The zero-order valence-corrected chi connectivity index (χ0v) is 9.43. The maximum atomic E-state index is 5.74. The number of benzene rings is 1. The normalized spacial score (nSPS) is 23.0. The first-order valence-electron chi connectivity index (χ1n) is 5.37. The molecule has 1 spiro atoms. The van der Waals surface area contributed by atoms with Gasteiger partial charge >= 0.3 is 0 Å². The van der Waals surface area contributed by atoms with Gasteiger partial charge in [0.05, 0.1) is 13.2 Å². The summed E-state index contributed by atoms with van der Waals surface area (Å²) in [6, 6.07) is 6.28. The lowest BCUT2D eigenvalue weighted by molar-refractivity contribution is -0.164. The van der Waals surface area contributed by atoms with Crippen LogP contribution in [0.15, 0.2) is 23.1 Å². The molecule has 3 rings (SSSR count). The molecule has 0 radical (unpaired) electrons. The first-order chi connectivity index (χ1) is 7.29. The summed E-state index contributed by atoms with van der Waals surface area (Å²) in [6.07, 6.45) is 2.85. The first-order valence-corrected chi connectivity index (χ1v) is 5.81. The van der Waals surface area contributed by atoms with Gasteiger partial charge in [0.25, 0.3) is 0 Å². The molecular formula is C12H14O2S. The molecule has 1 aromatic carbocycles. The third-order valence-electron chi connectivity index (χ3n) is 3.28. The van der Waals surface area contributed by atoms with Crippen LogP contribution in [0.3, 0.4) is 0 Å². The second kappa shape index (κ2) is 3.51. The van der Waals surface area contributed by atoms with Crippen LogP contribution in [0.5, 0.6) is 0 Å². The highest BCUT2D eigenvalue weighted by atomic mass is 32.1. The van der Waals surface area contributed by atoms with Gasteiger partial charge in [-0.1, -0.05) is 12.1 Å². The van der Waals surface area contributed by atoms with Gasteiger partial charge in [0.1, 0.15) is 0 Å². The van der Waals surface area contributed by atoms with Gasteiger partial charge in [0.2, 0.25) is 0 Å². The fourth-order valence-corrected chi connectivity index (χ4v) is 2.79. The molecule has 1 aliphatic heterocycles. The van der Waals surface area contributed by atoms with Crippen LogP contribution in [0.2, 0.25) is 0 Å². The topological polar surface area (TPSA) is 18.5 Å². The summed E-state index contributed by atoms with van der Waals surface area (Å²) in [5.41, 5.74) is 2.70. The third-order valence-corrected chi connectivity index (χ3v) is 3.70. The van der Waals surface area contributed by atoms with Crippen LogP contribution in [0.4, 0.5) is 0 Å². The summed E-state index contributed by atoms with van der Waals surface area (Å²) < 4.78 is 11.5. The van der Waals surface area contributed by atoms with E-state index in [9.17, 15) is 0 Å². The molecule has 15 heavy (non-hydrogen) atoms. The summed E-state index contributed by atoms with van der Waals surface area (Å²) in [6.45, 7) is 1.45. The lowest BCUT2D eigenvalue weighted by Crippen LogP contribution is -2.37. The summed E-state index contributed by atoms with van der Waals surface area (Å²) in [5, 5.41) is 0. The van der Waals surface area contributed by atoms with E-state index in [2.05, 4.69) is 24.8 Å². The highest BCUT2D eigenvalue weighted by molar-refractivity contribution is 7.80. The third kappa shape index (κ3) is 1.59. The van der Waals surface area contributed by atoms with Crippen molar-refractivity contribution in [1.29, 1.82) is 0 Å². The minimum absolute atomic E-state index is 0.341. The van der Waals surface area contributed by atoms with E-state index in [-0.39, 0.29) is 5.79 Å². The average Bonchev–Trinajstić information content (AvgIpc) is 2.68. The molecule has 3 heteroatoms. The summed E-state index contributed by atoms with van der Waals surface area (Å²) in [7, 11) is 0. The molecule has 1 fully saturated rings. The zero-order chi connectivity index (χ0) is 10.3. The maximum absolute atomic E-state index is 5.74. The van der Waals surface area contributed by atoms with Crippen molar-refractivity contribution in [2.75, 3.05) is 13.2 Å². The van der Waals surface area contributed by atoms with Crippen molar-refractivity contribution < 1.29 is 9.47 Å². The van der Waals surface area contributed by atoms with Gasteiger partial charge < -0.3 is 9.47 Å². The smallest absolute Gasteiger partial charge is 0.172 e. The van der Waals surface area contributed by atoms with Crippen LogP contribution in [0.1, 0.15) is 17.5 Å². The quantitative estimate of drug-likeness (QED) is 0.678. The van der Waals surface area contributed by atoms with Crippen LogP contribution in [0.25, 0.3) is 0 Å². The molecule has 1 heterocycles. The Kier molecular flexibility index (Phi) is 2.27. The highest BCUT2D eigenvalue weighted by Gasteiger charge is 2.40. The van der Waals surface area contributed by atoms with E-state index in [4.69, 9.17) is 9.47 Å². The van der Waals surface area contributed by atoms with E-state index in [0.29, 0.717) is 0 Å². The number of rotatable bonds is 0. The molecule has 1 aliphatic carbocycles. The van der Waals surface area contributed by atoms with Crippen LogP contribution in [0, 0.1) is 0 Å². The standard InChI is InChI=1S/C12H14O2S/c15-11-3-1-2-9-4-5-12(8-10(9)11)13-6-7-14-12/h1-3,15H,4-8H2. The van der Waals surface area contributed by atoms with Crippen LogP contribution in [-0.2, 0) is 22.3 Å². The molecule has 0 bridgehead atoms. The Hall–Kier alpha value is -0.510. The van der Waals surface area contributed by atoms with E-state index >= 15 is 0 Å². The minimum Gasteiger partial charge on any atom is -0.347 e. The van der Waals surface area contributed by atoms with Crippen molar-refractivity contribution in [3.63, 3.8) is 0 Å². The zero-order valence-electron chi connectivity index (χ0n) is 8.53. The van der Waals surface area contributed by atoms with Gasteiger partial charge in [-0.15, -0.1) is 12.6 Å². The Balaban J connectivity index is 1.98. The largest absolute Gasteiger partial charge is 0.347 e. The van der Waals surface area contributed by atoms with Crippen LogP contribution < -0.4 is 0 Å². The van der Waals surface area contributed by atoms with Crippen molar-refractivity contribution in [1.82, 2.24) is 0 Å². The first kappa shape index (κ1) is 9.70. The Bertz CT molecular complexity index is 383. The van der Waals surface area contributed by atoms with Gasteiger partial charge in [-0.05, 0) is 23.6 Å². The number of hydrogen-bond donors (Lipinski definition) is 1. The molecule has 80 valence electrons. The molecule has 1 saturated heterocycles. The predicted octanol–water partition coefficient (Wildman–Crippen LogP) is 2.21. The number of ether oxygens (including phenoxy) is 2. The number of fused-ring (bicyclic) bond motifs is 1. The SMILES string of the molecule is Sc1cccc2c1CC1(CC2)OCCO1. The molecular weight excluding hydrogens is 208 g/mol. The Morgan fingerprint density at radius 2 is 2.00 bits per heavy atom. The number of thiol groups is 1. The lowest BCUT2D eigenvalue weighted by Gasteiger charge is -2.33. The maximum Gasteiger partial charge on any atom is 0.172 e. The van der Waals surface area contributed by atoms with Crippen LogP contribution >= 0.6 is 12.6 Å². The fourth-order valence-electron chi connectivity index (χ4n) is 2.49. The molecule has 1 aromatic rings. The monoisotopic (exact) mass is 222 g/mol. The molecule has 2 aliphatic rings. The van der Waals surface area contributed by atoms with Crippen molar-refractivity contribution in [2.24, 2.45) is 0 Å². The lowest BCUT2D eigenvalue weighted by atomic mass is 9.87. The second-order valence-electron chi connectivity index (χ2n) is 4.20. The highest BCUT2D eigenvalue weighted by Crippen LogP contribution is 2.37. The van der Waals surface area contributed by atoms with E-state index < -0.39 is 0 Å². The van der Waals surface area contributed by atoms with Gasteiger partial charge in [-0.25, -0.2) is 0 Å². The molecule has 0 amide bonds. The Morgan fingerprint density at radius 1 is 1.20 bits per heavy atom. The van der Waals surface area contributed by atoms with Crippen molar-refractivity contribution in [3.8, 4) is 0 Å². The number of aryl methyl sites for hydroxylation is 1. The van der Waals surface area contributed by atoms with E-state index in [0.717, 1.165) is 37.4 Å². The Labute approximate surface area is 95.0 Å². The van der Waals surface area contributed by atoms with Gasteiger partial charge in [0.15, 0.2) is 5.79 Å². The van der Waals surface area contributed by atoms with Crippen molar-refractivity contribution in [3.05, 3.63) is 29.3 Å². The second-order valence-corrected chi connectivity index (χ2v) is 4.68. The molecule has 0 aromatic heterocycles. The molecule has 0 N–H and O–H groups in total. The fraction of sp³-hybridized carbons (Fsp3) is 0.500. The van der Waals surface area contributed by atoms with Crippen molar-refractivity contribution in [2.45, 2.75) is 29.9 Å². The molecule has 0 saturated carbocycles. The average molecular weight is 222 g/mol. The van der Waals surface area contributed by atoms with Gasteiger partial charge in [-0.2, -0.15) is 0 Å². The van der Waals surface area contributed by atoms with E-state index in [1.165, 1.54) is 11.1 Å². The Morgan fingerprint density at radius 3 is 2.80 bits per heavy atom. The molecule has 0 unspecified atom stereocenters. The van der Waals surface area contributed by atoms with E-state index in [1.54, 1.807) is 0 Å². The number of hydrogen-bond acceptors (Lipinski definition) is 3. The molecule has 0 atom stereocenters. The van der Waals surface area contributed by atoms with Gasteiger partial charge in [-0.3, -0.25) is 0 Å². The molecule has 2 nitrogen and oxygen atoms in total. The van der Waals surface area contributed by atoms with E-state index in [1.807, 2.05) is 6.07 Å².